The summed E-state index contributed by atoms with van der Waals surface area (Å²) in [5.41, 5.74) is 0.635. The van der Waals surface area contributed by atoms with Crippen molar-refractivity contribution >= 4 is 27.8 Å². The van der Waals surface area contributed by atoms with Crippen LogP contribution in [0, 0.1) is 5.82 Å². The highest BCUT2D eigenvalue weighted by Crippen LogP contribution is 2.12. The van der Waals surface area contributed by atoms with Crippen LogP contribution in [0.3, 0.4) is 0 Å². The van der Waals surface area contributed by atoms with Crippen molar-refractivity contribution in [2.45, 2.75) is 11.3 Å². The molecule has 3 aromatic rings. The van der Waals surface area contributed by atoms with Crippen molar-refractivity contribution in [2.24, 2.45) is 0 Å². The maximum Gasteiger partial charge on any atom is 0.354 e. The van der Waals surface area contributed by atoms with Crippen molar-refractivity contribution in [1.29, 1.82) is 0 Å². The standard InChI is InChI=1S/C22H18FN3O6S/c23-17-6-1-14(2-7-17)11-12-24-20(27)15-3-8-18(9-4-15)33(31,32)26-21(28)16-5-10-19(22(29)30)25-13-16/h1-10,13H,11-12H2,(H,24,27)(H,26,28)(H,29,30). The highest BCUT2D eigenvalue weighted by Gasteiger charge is 2.20. The van der Waals surface area contributed by atoms with Gasteiger partial charge in [-0.1, -0.05) is 12.1 Å². The fourth-order valence-electron chi connectivity index (χ4n) is 2.75. The minimum Gasteiger partial charge on any atom is -0.477 e. The van der Waals surface area contributed by atoms with E-state index in [0.717, 1.165) is 23.9 Å². The van der Waals surface area contributed by atoms with Gasteiger partial charge in [-0.3, -0.25) is 9.59 Å². The number of sulfonamides is 1. The van der Waals surface area contributed by atoms with E-state index in [-0.39, 0.29) is 27.5 Å². The van der Waals surface area contributed by atoms with E-state index in [0.29, 0.717) is 13.0 Å². The Morgan fingerprint density at radius 3 is 2.09 bits per heavy atom. The molecule has 0 unspecified atom stereocenters. The topological polar surface area (TPSA) is 143 Å². The molecular weight excluding hydrogens is 453 g/mol. The molecule has 33 heavy (non-hydrogen) atoms. The van der Waals surface area contributed by atoms with Gasteiger partial charge in [-0.05, 0) is 60.5 Å². The zero-order chi connectivity index (χ0) is 24.0. The molecule has 0 bridgehead atoms. The molecule has 170 valence electrons. The number of hydrogen-bond donors (Lipinski definition) is 3. The van der Waals surface area contributed by atoms with Gasteiger partial charge in [-0.25, -0.2) is 27.3 Å². The van der Waals surface area contributed by atoms with Crippen LogP contribution in [0.15, 0.2) is 71.8 Å². The molecule has 0 saturated carbocycles. The van der Waals surface area contributed by atoms with Crippen LogP contribution in [0.5, 0.6) is 0 Å². The van der Waals surface area contributed by atoms with E-state index >= 15 is 0 Å². The molecule has 0 atom stereocenters. The zero-order valence-corrected chi connectivity index (χ0v) is 17.8. The monoisotopic (exact) mass is 471 g/mol. The lowest BCUT2D eigenvalue weighted by Crippen LogP contribution is -2.31. The summed E-state index contributed by atoms with van der Waals surface area (Å²) in [7, 11) is -4.24. The molecule has 11 heteroatoms. The van der Waals surface area contributed by atoms with Gasteiger partial charge in [0.1, 0.15) is 11.5 Å². The molecule has 0 radical (unpaired) electrons. The van der Waals surface area contributed by atoms with Crippen molar-refractivity contribution in [3.63, 3.8) is 0 Å². The summed E-state index contributed by atoms with van der Waals surface area (Å²) in [5, 5.41) is 11.5. The molecule has 0 spiro atoms. The van der Waals surface area contributed by atoms with Crippen LogP contribution in [0.25, 0.3) is 0 Å². The van der Waals surface area contributed by atoms with Gasteiger partial charge < -0.3 is 10.4 Å². The Balaban J connectivity index is 1.59. The third-order valence-corrected chi connectivity index (χ3v) is 5.86. The zero-order valence-electron chi connectivity index (χ0n) is 17.0. The number of carbonyl (C=O) groups is 3. The largest absolute Gasteiger partial charge is 0.477 e. The number of aromatic nitrogens is 1. The maximum atomic E-state index is 12.9. The summed E-state index contributed by atoms with van der Waals surface area (Å²) in [4.78, 5) is 38.6. The minimum atomic E-state index is -4.24. The van der Waals surface area contributed by atoms with Crippen LogP contribution in [-0.4, -0.2) is 42.8 Å². The fraction of sp³-hybridized carbons (Fsp3) is 0.0909. The number of benzene rings is 2. The molecular formula is C22H18FN3O6S. The lowest BCUT2D eigenvalue weighted by Gasteiger charge is -2.09. The molecule has 2 amide bonds. The molecule has 1 heterocycles. The molecule has 0 aliphatic heterocycles. The summed E-state index contributed by atoms with van der Waals surface area (Å²) in [6, 6.07) is 13.1. The number of carboxylic acid groups (broad SMARTS) is 1. The lowest BCUT2D eigenvalue weighted by molar-refractivity contribution is 0.0689. The summed E-state index contributed by atoms with van der Waals surface area (Å²) in [5.74, 6) is -3.03. The number of carbonyl (C=O) groups excluding carboxylic acids is 2. The van der Waals surface area contributed by atoms with E-state index in [4.69, 9.17) is 5.11 Å². The van der Waals surface area contributed by atoms with Crippen molar-refractivity contribution in [1.82, 2.24) is 15.0 Å². The normalized spacial score (nSPS) is 10.9. The van der Waals surface area contributed by atoms with Crippen molar-refractivity contribution in [2.75, 3.05) is 6.54 Å². The Kier molecular flexibility index (Phi) is 7.13. The van der Waals surface area contributed by atoms with Crippen molar-refractivity contribution < 1.29 is 32.3 Å². The Morgan fingerprint density at radius 2 is 1.52 bits per heavy atom. The number of aromatic carboxylic acids is 1. The Bertz CT molecular complexity index is 1280. The summed E-state index contributed by atoms with van der Waals surface area (Å²) >= 11 is 0. The second-order valence-corrected chi connectivity index (χ2v) is 8.51. The van der Waals surface area contributed by atoms with Gasteiger partial charge in [0.2, 0.25) is 0 Å². The van der Waals surface area contributed by atoms with Crippen molar-refractivity contribution in [3.8, 4) is 0 Å². The molecule has 2 aromatic carbocycles. The van der Waals surface area contributed by atoms with Gasteiger partial charge in [0.25, 0.3) is 21.8 Å². The van der Waals surface area contributed by atoms with Gasteiger partial charge in [0, 0.05) is 18.3 Å². The predicted octanol–water partition coefficient (Wildman–Crippen LogP) is 2.01. The average Bonchev–Trinajstić information content (AvgIpc) is 2.80. The SMILES string of the molecule is O=C(NCCc1ccc(F)cc1)c1ccc(S(=O)(=O)NC(=O)c2ccc(C(=O)O)nc2)cc1. The van der Waals surface area contributed by atoms with Gasteiger partial charge >= 0.3 is 5.97 Å². The molecule has 0 saturated heterocycles. The summed E-state index contributed by atoms with van der Waals surface area (Å²) in [6.45, 7) is 0.301. The number of hydrogen-bond acceptors (Lipinski definition) is 6. The molecule has 0 fully saturated rings. The quantitative estimate of drug-likeness (QED) is 0.456. The smallest absolute Gasteiger partial charge is 0.354 e. The average molecular weight is 471 g/mol. The number of pyridine rings is 1. The molecule has 3 rings (SSSR count). The molecule has 9 nitrogen and oxygen atoms in total. The van der Waals surface area contributed by atoms with Crippen LogP contribution in [0.4, 0.5) is 4.39 Å². The van der Waals surface area contributed by atoms with Crippen LogP contribution in [-0.2, 0) is 16.4 Å². The number of halogens is 1. The minimum absolute atomic E-state index is 0.138. The van der Waals surface area contributed by atoms with Gasteiger partial charge in [-0.2, -0.15) is 0 Å². The van der Waals surface area contributed by atoms with Gasteiger partial charge in [0.15, 0.2) is 0 Å². The molecule has 1 aromatic heterocycles. The highest BCUT2D eigenvalue weighted by atomic mass is 32.2. The third-order valence-electron chi connectivity index (χ3n) is 4.51. The first kappa shape index (κ1) is 23.5. The van der Waals surface area contributed by atoms with E-state index in [2.05, 4.69) is 10.3 Å². The van der Waals surface area contributed by atoms with Crippen LogP contribution >= 0.6 is 0 Å². The Labute approximate surface area is 188 Å². The number of rotatable bonds is 8. The van der Waals surface area contributed by atoms with Crippen LogP contribution in [0.2, 0.25) is 0 Å². The van der Waals surface area contributed by atoms with Gasteiger partial charge in [-0.15, -0.1) is 0 Å². The number of nitrogens with zero attached hydrogens (tertiary/aromatic N) is 1. The highest BCUT2D eigenvalue weighted by molar-refractivity contribution is 7.90. The van der Waals surface area contributed by atoms with Crippen molar-refractivity contribution in [3.05, 3.63) is 95.1 Å². The Hall–Kier alpha value is -4.12. The molecule has 3 N–H and O–H groups in total. The second-order valence-electron chi connectivity index (χ2n) is 6.83. The third kappa shape index (κ3) is 6.20. The van der Waals surface area contributed by atoms with E-state index in [1.54, 1.807) is 12.1 Å². The first-order chi connectivity index (χ1) is 15.7. The number of nitrogens with one attached hydrogen (secondary N) is 2. The second kappa shape index (κ2) is 10.0. The summed E-state index contributed by atoms with van der Waals surface area (Å²) in [6.07, 6.45) is 1.44. The van der Waals surface area contributed by atoms with E-state index in [1.165, 1.54) is 36.4 Å². The van der Waals surface area contributed by atoms with E-state index in [9.17, 15) is 27.2 Å². The maximum absolute atomic E-state index is 12.9. The molecule has 0 aliphatic rings. The van der Waals surface area contributed by atoms with Crippen LogP contribution in [0.1, 0.15) is 36.8 Å². The van der Waals surface area contributed by atoms with E-state index < -0.39 is 27.8 Å². The Morgan fingerprint density at radius 1 is 0.879 bits per heavy atom. The number of carboxylic acids is 1. The van der Waals surface area contributed by atoms with Gasteiger partial charge in [0.05, 0.1) is 10.5 Å². The summed E-state index contributed by atoms with van der Waals surface area (Å²) < 4.78 is 39.7. The van der Waals surface area contributed by atoms with Crippen LogP contribution < -0.4 is 10.0 Å². The lowest BCUT2D eigenvalue weighted by atomic mass is 10.1. The first-order valence-electron chi connectivity index (χ1n) is 9.55. The van der Waals surface area contributed by atoms with E-state index in [1.807, 2.05) is 4.72 Å². The molecule has 0 aliphatic carbocycles. The predicted molar refractivity (Wildman–Crippen MR) is 115 cm³/mol. The first-order valence-corrected chi connectivity index (χ1v) is 11.0. The fourth-order valence-corrected chi connectivity index (χ4v) is 3.73. The number of amides is 2.